The van der Waals surface area contributed by atoms with Gasteiger partial charge in [-0.2, -0.15) is 0 Å². The fourth-order valence-corrected chi connectivity index (χ4v) is 2.76. The van der Waals surface area contributed by atoms with Gasteiger partial charge < -0.3 is 14.2 Å². The first-order valence-corrected chi connectivity index (χ1v) is 7.16. The number of nitrogens with zero attached hydrogens (tertiary/aromatic N) is 4. The molecule has 0 atom stereocenters. The van der Waals surface area contributed by atoms with E-state index in [1.807, 2.05) is 12.3 Å². The van der Waals surface area contributed by atoms with E-state index in [0.29, 0.717) is 0 Å². The zero-order valence-electron chi connectivity index (χ0n) is 11.4. The highest BCUT2D eigenvalue weighted by molar-refractivity contribution is 6.30. The van der Waals surface area contributed by atoms with Crippen LogP contribution in [-0.4, -0.2) is 47.5 Å². The van der Waals surface area contributed by atoms with E-state index in [9.17, 15) is 0 Å². The predicted molar refractivity (Wildman–Crippen MR) is 79.3 cm³/mol. The maximum Gasteiger partial charge on any atom is 0.160 e. The quantitative estimate of drug-likeness (QED) is 0.842. The first-order chi connectivity index (χ1) is 9.17. The maximum atomic E-state index is 6.24. The molecule has 3 heterocycles. The number of halogens is 1. The summed E-state index contributed by atoms with van der Waals surface area (Å²) in [5.41, 5.74) is 3.28. The average molecular weight is 279 g/mol. The number of imidazole rings is 1. The molecule has 0 saturated carbocycles. The third kappa shape index (κ3) is 2.42. The van der Waals surface area contributed by atoms with Gasteiger partial charge in [0, 0.05) is 38.6 Å². The molecule has 102 valence electrons. The second-order valence-electron chi connectivity index (χ2n) is 5.15. The van der Waals surface area contributed by atoms with Crippen LogP contribution in [0.3, 0.4) is 0 Å². The Morgan fingerprint density at radius 2 is 1.95 bits per heavy atom. The van der Waals surface area contributed by atoms with Crippen molar-refractivity contribution < 1.29 is 0 Å². The highest BCUT2D eigenvalue weighted by atomic mass is 35.5. The standard InChI is InChI=1S/C14H19ClN4/c1-3-12-10-19-9-11(15)8-13(14(19)16-12)18-6-4-17(2)5-7-18/h8-10H,3-7H2,1-2H3. The molecule has 0 aliphatic carbocycles. The lowest BCUT2D eigenvalue weighted by atomic mass is 10.3. The summed E-state index contributed by atoms with van der Waals surface area (Å²) in [7, 11) is 2.16. The van der Waals surface area contributed by atoms with Gasteiger partial charge in [0.05, 0.1) is 16.4 Å². The number of hydrogen-bond acceptors (Lipinski definition) is 3. The van der Waals surface area contributed by atoms with Gasteiger partial charge in [-0.15, -0.1) is 0 Å². The molecular formula is C14H19ClN4. The molecule has 0 N–H and O–H groups in total. The van der Waals surface area contributed by atoms with E-state index in [-0.39, 0.29) is 0 Å². The summed E-state index contributed by atoms with van der Waals surface area (Å²) in [5, 5.41) is 0.765. The third-order valence-electron chi connectivity index (χ3n) is 3.75. The van der Waals surface area contributed by atoms with Crippen molar-refractivity contribution in [3.05, 3.63) is 29.2 Å². The Hall–Kier alpha value is -1.26. The van der Waals surface area contributed by atoms with Crippen LogP contribution in [0.2, 0.25) is 5.02 Å². The van der Waals surface area contributed by atoms with Crippen molar-refractivity contribution in [3.63, 3.8) is 0 Å². The Labute approximate surface area is 118 Å². The minimum atomic E-state index is 0.765. The van der Waals surface area contributed by atoms with Gasteiger partial charge in [0.2, 0.25) is 0 Å². The lowest BCUT2D eigenvalue weighted by Crippen LogP contribution is -2.44. The molecule has 1 aliphatic rings. The lowest BCUT2D eigenvalue weighted by Gasteiger charge is -2.34. The molecule has 1 aliphatic heterocycles. The Morgan fingerprint density at radius 3 is 2.63 bits per heavy atom. The van der Waals surface area contributed by atoms with Crippen LogP contribution in [0, 0.1) is 0 Å². The van der Waals surface area contributed by atoms with E-state index < -0.39 is 0 Å². The summed E-state index contributed by atoms with van der Waals surface area (Å²) >= 11 is 6.24. The Bertz CT molecular complexity index is 584. The topological polar surface area (TPSA) is 23.8 Å². The van der Waals surface area contributed by atoms with Crippen molar-refractivity contribution in [1.82, 2.24) is 14.3 Å². The maximum absolute atomic E-state index is 6.24. The zero-order chi connectivity index (χ0) is 13.4. The highest BCUT2D eigenvalue weighted by Gasteiger charge is 2.18. The Morgan fingerprint density at radius 1 is 1.21 bits per heavy atom. The number of rotatable bonds is 2. The molecule has 5 heteroatoms. The number of fused-ring (bicyclic) bond motifs is 1. The molecule has 2 aromatic heterocycles. The molecule has 2 aromatic rings. The summed E-state index contributed by atoms with van der Waals surface area (Å²) in [6.45, 7) is 6.35. The van der Waals surface area contributed by atoms with Crippen molar-refractivity contribution in [2.24, 2.45) is 0 Å². The Kier molecular flexibility index (Phi) is 3.37. The van der Waals surface area contributed by atoms with E-state index in [4.69, 9.17) is 16.6 Å². The number of hydrogen-bond donors (Lipinski definition) is 0. The minimum Gasteiger partial charge on any atom is -0.366 e. The number of piperazine rings is 1. The van der Waals surface area contributed by atoms with Crippen LogP contribution in [0.1, 0.15) is 12.6 Å². The van der Waals surface area contributed by atoms with E-state index >= 15 is 0 Å². The minimum absolute atomic E-state index is 0.765. The summed E-state index contributed by atoms with van der Waals surface area (Å²) in [5.74, 6) is 0. The van der Waals surface area contributed by atoms with Crippen molar-refractivity contribution in [2.45, 2.75) is 13.3 Å². The molecule has 1 saturated heterocycles. The molecule has 0 radical (unpaired) electrons. The smallest absolute Gasteiger partial charge is 0.160 e. The number of aryl methyl sites for hydroxylation is 1. The summed E-state index contributed by atoms with van der Waals surface area (Å²) < 4.78 is 2.05. The number of aromatic nitrogens is 2. The van der Waals surface area contributed by atoms with Crippen molar-refractivity contribution in [2.75, 3.05) is 38.1 Å². The monoisotopic (exact) mass is 278 g/mol. The van der Waals surface area contributed by atoms with Gasteiger partial charge in [-0.05, 0) is 19.5 Å². The van der Waals surface area contributed by atoms with Crippen molar-refractivity contribution in [1.29, 1.82) is 0 Å². The third-order valence-corrected chi connectivity index (χ3v) is 3.96. The predicted octanol–water partition coefficient (Wildman–Crippen LogP) is 2.30. The highest BCUT2D eigenvalue weighted by Crippen LogP contribution is 2.26. The second-order valence-corrected chi connectivity index (χ2v) is 5.59. The van der Waals surface area contributed by atoms with Gasteiger partial charge in [-0.1, -0.05) is 18.5 Å². The van der Waals surface area contributed by atoms with Gasteiger partial charge in [0.25, 0.3) is 0 Å². The van der Waals surface area contributed by atoms with Gasteiger partial charge in [-0.25, -0.2) is 4.98 Å². The van der Waals surface area contributed by atoms with E-state index in [2.05, 4.69) is 34.4 Å². The lowest BCUT2D eigenvalue weighted by molar-refractivity contribution is 0.313. The molecule has 3 rings (SSSR count). The van der Waals surface area contributed by atoms with E-state index in [1.165, 1.54) is 0 Å². The molecule has 1 fully saturated rings. The SMILES string of the molecule is CCc1cn2cc(Cl)cc(N3CCN(C)CC3)c2n1. The first kappa shape index (κ1) is 12.8. The van der Waals surface area contributed by atoms with Crippen molar-refractivity contribution >= 4 is 22.9 Å². The van der Waals surface area contributed by atoms with Crippen molar-refractivity contribution in [3.8, 4) is 0 Å². The fraction of sp³-hybridized carbons (Fsp3) is 0.500. The summed E-state index contributed by atoms with van der Waals surface area (Å²) in [4.78, 5) is 9.45. The van der Waals surface area contributed by atoms with Crippen LogP contribution < -0.4 is 4.90 Å². The van der Waals surface area contributed by atoms with Crippen LogP contribution in [-0.2, 0) is 6.42 Å². The van der Waals surface area contributed by atoms with Gasteiger partial charge in [-0.3, -0.25) is 0 Å². The molecular weight excluding hydrogens is 260 g/mol. The molecule has 4 nitrogen and oxygen atoms in total. The zero-order valence-corrected chi connectivity index (χ0v) is 12.2. The fourth-order valence-electron chi connectivity index (χ4n) is 2.55. The molecule has 19 heavy (non-hydrogen) atoms. The number of likely N-dealkylation sites (N-methyl/N-ethyl adjacent to an activating group) is 1. The van der Waals surface area contributed by atoms with Crippen LogP contribution in [0.5, 0.6) is 0 Å². The molecule has 0 amide bonds. The van der Waals surface area contributed by atoms with E-state index in [1.54, 1.807) is 0 Å². The number of pyridine rings is 1. The molecule has 0 unspecified atom stereocenters. The summed E-state index contributed by atoms with van der Waals surface area (Å²) in [6.07, 6.45) is 4.95. The molecule has 0 spiro atoms. The van der Waals surface area contributed by atoms with E-state index in [0.717, 1.165) is 54.7 Å². The molecule has 0 aromatic carbocycles. The van der Waals surface area contributed by atoms with Crippen LogP contribution in [0.25, 0.3) is 5.65 Å². The van der Waals surface area contributed by atoms with Gasteiger partial charge in [0.1, 0.15) is 0 Å². The summed E-state index contributed by atoms with van der Waals surface area (Å²) in [6, 6.07) is 2.04. The average Bonchev–Trinajstić information content (AvgIpc) is 2.81. The first-order valence-electron chi connectivity index (χ1n) is 6.78. The Balaban J connectivity index is 2.03. The molecule has 0 bridgehead atoms. The normalized spacial score (nSPS) is 17.3. The number of anilines is 1. The second kappa shape index (κ2) is 5.02. The largest absolute Gasteiger partial charge is 0.366 e. The van der Waals surface area contributed by atoms with Crippen LogP contribution in [0.15, 0.2) is 18.5 Å². The van der Waals surface area contributed by atoms with Crippen LogP contribution in [0.4, 0.5) is 5.69 Å². The van der Waals surface area contributed by atoms with Gasteiger partial charge >= 0.3 is 0 Å². The van der Waals surface area contributed by atoms with Gasteiger partial charge in [0.15, 0.2) is 5.65 Å². The van der Waals surface area contributed by atoms with Crippen LogP contribution >= 0.6 is 11.6 Å².